The molecule has 2 rings (SSSR count). The third kappa shape index (κ3) is 5.15. The summed E-state index contributed by atoms with van der Waals surface area (Å²) in [6.07, 6.45) is 2.24. The van der Waals surface area contributed by atoms with E-state index in [9.17, 15) is 9.59 Å². The lowest BCUT2D eigenvalue weighted by molar-refractivity contribution is -0.114. The van der Waals surface area contributed by atoms with Crippen LogP contribution in [-0.4, -0.2) is 34.9 Å². The highest BCUT2D eigenvalue weighted by Gasteiger charge is 2.14. The van der Waals surface area contributed by atoms with Crippen LogP contribution < -0.4 is 27.4 Å². The van der Waals surface area contributed by atoms with Crippen molar-refractivity contribution in [2.75, 3.05) is 34.8 Å². The number of carbonyl (C=O) groups is 2. The quantitative estimate of drug-likeness (QED) is 0.504. The molecule has 132 valence electrons. The van der Waals surface area contributed by atoms with E-state index in [1.807, 2.05) is 6.92 Å². The summed E-state index contributed by atoms with van der Waals surface area (Å²) in [6.45, 7) is 2.53. The average molecular weight is 343 g/mol. The Hall–Kier alpha value is -3.20. The van der Waals surface area contributed by atoms with Gasteiger partial charge in [-0.2, -0.15) is 4.98 Å². The number of nitrogens with two attached hydrogens (primary N) is 2. The normalized spacial score (nSPS) is 10.2. The van der Waals surface area contributed by atoms with Gasteiger partial charge in [0.2, 0.25) is 11.9 Å². The molecule has 0 bridgehead atoms. The number of hydrogen-bond donors (Lipinski definition) is 5. The lowest BCUT2D eigenvalue weighted by Crippen LogP contribution is -2.22. The van der Waals surface area contributed by atoms with Gasteiger partial charge in [-0.1, -0.05) is 13.0 Å². The van der Waals surface area contributed by atoms with Crippen LogP contribution in [0.4, 0.5) is 23.1 Å². The molecule has 0 fully saturated rings. The molecule has 9 heteroatoms. The molecule has 0 aliphatic carbocycles. The largest absolute Gasteiger partial charge is 0.369 e. The molecule has 0 aliphatic heterocycles. The summed E-state index contributed by atoms with van der Waals surface area (Å²) in [5.74, 6) is -0.247. The lowest BCUT2D eigenvalue weighted by atomic mass is 10.2. The zero-order chi connectivity index (χ0) is 18.2. The molecule has 0 unspecified atom stereocenters. The van der Waals surface area contributed by atoms with E-state index >= 15 is 0 Å². The molecule has 2 amide bonds. The molecule has 0 atom stereocenters. The Bertz CT molecular complexity index is 764. The van der Waals surface area contributed by atoms with Crippen molar-refractivity contribution in [1.82, 2.24) is 9.97 Å². The van der Waals surface area contributed by atoms with E-state index in [1.54, 1.807) is 24.3 Å². The standard InChI is InChI=1S/C16H21N7O2/c1-2-6-19-14-12(9-20-16(18)23-14)15(25)22-11-5-3-4-10(7-11)21-13(24)8-17/h3-5,7,9H,2,6,8,17H2,1H3,(H,21,24)(H,22,25)(H3,18,19,20,23). The van der Waals surface area contributed by atoms with Crippen molar-refractivity contribution in [3.63, 3.8) is 0 Å². The Morgan fingerprint density at radius 3 is 2.60 bits per heavy atom. The van der Waals surface area contributed by atoms with Gasteiger partial charge in [-0.3, -0.25) is 9.59 Å². The van der Waals surface area contributed by atoms with Gasteiger partial charge in [0, 0.05) is 24.1 Å². The van der Waals surface area contributed by atoms with Crippen molar-refractivity contribution in [2.24, 2.45) is 5.73 Å². The van der Waals surface area contributed by atoms with E-state index in [1.165, 1.54) is 6.20 Å². The highest BCUT2D eigenvalue weighted by molar-refractivity contribution is 6.07. The van der Waals surface area contributed by atoms with Crippen LogP contribution in [0.25, 0.3) is 0 Å². The second-order valence-corrected chi connectivity index (χ2v) is 5.20. The number of carbonyl (C=O) groups excluding carboxylic acids is 2. The number of hydrogen-bond acceptors (Lipinski definition) is 7. The fraction of sp³-hybridized carbons (Fsp3) is 0.250. The molecule has 9 nitrogen and oxygen atoms in total. The van der Waals surface area contributed by atoms with Crippen molar-refractivity contribution in [2.45, 2.75) is 13.3 Å². The predicted octanol–water partition coefficient (Wildman–Crippen LogP) is 1.03. The van der Waals surface area contributed by atoms with E-state index in [0.717, 1.165) is 6.42 Å². The number of rotatable bonds is 7. The van der Waals surface area contributed by atoms with E-state index in [2.05, 4.69) is 25.9 Å². The Morgan fingerprint density at radius 1 is 1.20 bits per heavy atom. The zero-order valence-corrected chi connectivity index (χ0v) is 13.9. The Labute approximate surface area is 145 Å². The first-order valence-corrected chi connectivity index (χ1v) is 7.81. The molecule has 7 N–H and O–H groups in total. The van der Waals surface area contributed by atoms with E-state index in [0.29, 0.717) is 23.7 Å². The van der Waals surface area contributed by atoms with E-state index in [4.69, 9.17) is 11.5 Å². The van der Waals surface area contributed by atoms with Gasteiger partial charge in [0.25, 0.3) is 5.91 Å². The molecule has 0 saturated carbocycles. The predicted molar refractivity (Wildman–Crippen MR) is 97.3 cm³/mol. The summed E-state index contributed by atoms with van der Waals surface area (Å²) < 4.78 is 0. The topological polar surface area (TPSA) is 148 Å². The number of anilines is 4. The third-order valence-corrected chi connectivity index (χ3v) is 3.18. The molecular formula is C16H21N7O2. The number of aromatic nitrogens is 2. The Kier molecular flexibility index (Phi) is 6.24. The summed E-state index contributed by atoms with van der Waals surface area (Å²) in [5, 5.41) is 8.42. The zero-order valence-electron chi connectivity index (χ0n) is 13.9. The molecule has 1 aromatic carbocycles. The van der Waals surface area contributed by atoms with Crippen molar-refractivity contribution in [3.05, 3.63) is 36.0 Å². The van der Waals surface area contributed by atoms with E-state index < -0.39 is 0 Å². The van der Waals surface area contributed by atoms with Gasteiger partial charge in [-0.25, -0.2) is 4.98 Å². The fourth-order valence-corrected chi connectivity index (χ4v) is 2.02. The Morgan fingerprint density at radius 2 is 1.92 bits per heavy atom. The number of nitrogen functional groups attached to an aromatic ring is 1. The van der Waals surface area contributed by atoms with Crippen LogP contribution in [-0.2, 0) is 4.79 Å². The maximum Gasteiger partial charge on any atom is 0.260 e. The van der Waals surface area contributed by atoms with Crippen molar-refractivity contribution >= 4 is 35.0 Å². The number of benzene rings is 1. The first kappa shape index (κ1) is 18.1. The number of nitrogens with one attached hydrogen (secondary N) is 3. The molecule has 1 heterocycles. The fourth-order valence-electron chi connectivity index (χ4n) is 2.02. The van der Waals surface area contributed by atoms with Crippen LogP contribution in [0.1, 0.15) is 23.7 Å². The highest BCUT2D eigenvalue weighted by Crippen LogP contribution is 2.18. The second-order valence-electron chi connectivity index (χ2n) is 5.20. The SMILES string of the molecule is CCCNc1nc(N)ncc1C(=O)Nc1cccc(NC(=O)CN)c1. The van der Waals surface area contributed by atoms with Crippen LogP contribution >= 0.6 is 0 Å². The van der Waals surface area contributed by atoms with Crippen molar-refractivity contribution < 1.29 is 9.59 Å². The molecular weight excluding hydrogens is 322 g/mol. The van der Waals surface area contributed by atoms with Gasteiger partial charge in [0.05, 0.1) is 6.54 Å². The minimum absolute atomic E-state index is 0.0849. The van der Waals surface area contributed by atoms with Crippen molar-refractivity contribution in [1.29, 1.82) is 0 Å². The van der Waals surface area contributed by atoms with Gasteiger partial charge in [-0.15, -0.1) is 0 Å². The lowest BCUT2D eigenvalue weighted by Gasteiger charge is -2.12. The maximum atomic E-state index is 12.5. The second kappa shape index (κ2) is 8.60. The minimum Gasteiger partial charge on any atom is -0.369 e. The molecule has 1 aromatic heterocycles. The van der Waals surface area contributed by atoms with Gasteiger partial charge in [0.15, 0.2) is 0 Å². The van der Waals surface area contributed by atoms with Crippen LogP contribution in [0.15, 0.2) is 30.5 Å². The van der Waals surface area contributed by atoms with Crippen LogP contribution in [0.5, 0.6) is 0 Å². The van der Waals surface area contributed by atoms with Gasteiger partial charge in [0.1, 0.15) is 11.4 Å². The monoisotopic (exact) mass is 343 g/mol. The van der Waals surface area contributed by atoms with Crippen LogP contribution in [0, 0.1) is 0 Å². The van der Waals surface area contributed by atoms with Crippen LogP contribution in [0.3, 0.4) is 0 Å². The first-order valence-electron chi connectivity index (χ1n) is 7.81. The highest BCUT2D eigenvalue weighted by atomic mass is 16.2. The smallest absolute Gasteiger partial charge is 0.260 e. The number of amides is 2. The minimum atomic E-state index is -0.388. The Balaban J connectivity index is 2.17. The average Bonchev–Trinajstić information content (AvgIpc) is 2.60. The van der Waals surface area contributed by atoms with Crippen LogP contribution in [0.2, 0.25) is 0 Å². The molecule has 0 aliphatic rings. The summed E-state index contributed by atoms with van der Waals surface area (Å²) in [4.78, 5) is 31.8. The van der Waals surface area contributed by atoms with Crippen molar-refractivity contribution in [3.8, 4) is 0 Å². The first-order chi connectivity index (χ1) is 12.0. The van der Waals surface area contributed by atoms with E-state index in [-0.39, 0.29) is 29.9 Å². The summed E-state index contributed by atoms with van der Waals surface area (Å²) in [6, 6.07) is 6.73. The molecule has 25 heavy (non-hydrogen) atoms. The molecule has 0 radical (unpaired) electrons. The van der Waals surface area contributed by atoms with Gasteiger partial charge < -0.3 is 27.4 Å². The van der Waals surface area contributed by atoms with Gasteiger partial charge in [-0.05, 0) is 24.6 Å². The summed E-state index contributed by atoms with van der Waals surface area (Å²) >= 11 is 0. The molecule has 2 aromatic rings. The summed E-state index contributed by atoms with van der Waals surface area (Å²) in [5.41, 5.74) is 12.2. The maximum absolute atomic E-state index is 12.5. The number of nitrogens with zero attached hydrogens (tertiary/aromatic N) is 2. The van der Waals surface area contributed by atoms with Gasteiger partial charge >= 0.3 is 0 Å². The summed E-state index contributed by atoms with van der Waals surface area (Å²) in [7, 11) is 0. The third-order valence-electron chi connectivity index (χ3n) is 3.18. The molecule has 0 saturated heterocycles. The molecule has 0 spiro atoms.